The second-order valence-electron chi connectivity index (χ2n) is 3.94. The Morgan fingerprint density at radius 1 is 1.47 bits per heavy atom. The first-order valence-electron chi connectivity index (χ1n) is 6.09. The third kappa shape index (κ3) is 2.98. The number of anilines is 1. The van der Waals surface area contributed by atoms with Crippen molar-refractivity contribution in [2.75, 3.05) is 12.3 Å². The number of ether oxygens (including phenoxy) is 1. The summed E-state index contributed by atoms with van der Waals surface area (Å²) >= 11 is 1.34. The number of fused-ring (bicyclic) bond motifs is 1. The van der Waals surface area contributed by atoms with Crippen LogP contribution in [0, 0.1) is 0 Å². The minimum absolute atomic E-state index is 0.226. The lowest BCUT2D eigenvalue weighted by molar-refractivity contribution is -0.142. The van der Waals surface area contributed by atoms with Crippen LogP contribution < -0.4 is 5.73 Å². The Morgan fingerprint density at radius 2 is 2.26 bits per heavy atom. The topological polar surface area (TPSA) is 82.5 Å². The van der Waals surface area contributed by atoms with Gasteiger partial charge in [0.15, 0.2) is 10.8 Å². The Labute approximate surface area is 115 Å². The molecular formula is C12H16N4O2S. The van der Waals surface area contributed by atoms with Gasteiger partial charge in [-0.05, 0) is 25.5 Å². The average Bonchev–Trinajstić information content (AvgIpc) is 2.78. The summed E-state index contributed by atoms with van der Waals surface area (Å²) in [5.41, 5.74) is 7.07. The molecule has 19 heavy (non-hydrogen) atoms. The van der Waals surface area contributed by atoms with Crippen LogP contribution in [0.4, 0.5) is 5.69 Å². The molecule has 0 saturated heterocycles. The molecule has 2 heterocycles. The molecule has 0 amide bonds. The molecule has 0 aliphatic rings. The van der Waals surface area contributed by atoms with Gasteiger partial charge in [0.2, 0.25) is 0 Å². The largest absolute Gasteiger partial charge is 0.465 e. The van der Waals surface area contributed by atoms with Crippen LogP contribution in [0.2, 0.25) is 0 Å². The first-order valence-corrected chi connectivity index (χ1v) is 6.97. The highest BCUT2D eigenvalue weighted by Gasteiger charge is 2.21. The highest BCUT2D eigenvalue weighted by Crippen LogP contribution is 2.25. The molecule has 1 atom stereocenters. The summed E-state index contributed by atoms with van der Waals surface area (Å²) in [6, 6.07) is 3.55. The van der Waals surface area contributed by atoms with Gasteiger partial charge in [-0.25, -0.2) is 0 Å². The number of thioether (sulfide) groups is 1. The van der Waals surface area contributed by atoms with E-state index in [4.69, 9.17) is 10.5 Å². The molecule has 0 fully saturated rings. The summed E-state index contributed by atoms with van der Waals surface area (Å²) in [5.74, 6) is -0.226. The molecule has 2 aromatic rings. The highest BCUT2D eigenvalue weighted by molar-refractivity contribution is 8.00. The van der Waals surface area contributed by atoms with E-state index >= 15 is 0 Å². The lowest BCUT2D eigenvalue weighted by atomic mass is 10.3. The van der Waals surface area contributed by atoms with Crippen LogP contribution in [0.1, 0.15) is 20.3 Å². The number of hydrogen-bond donors (Lipinski definition) is 1. The van der Waals surface area contributed by atoms with Crippen LogP contribution in [-0.4, -0.2) is 32.4 Å². The fourth-order valence-corrected chi connectivity index (χ4v) is 2.56. The fourth-order valence-electron chi connectivity index (χ4n) is 1.63. The van der Waals surface area contributed by atoms with Crippen molar-refractivity contribution >= 4 is 29.1 Å². The normalized spacial score (nSPS) is 12.5. The summed E-state index contributed by atoms with van der Waals surface area (Å²) in [5, 5.41) is 8.47. The third-order valence-electron chi connectivity index (χ3n) is 2.56. The third-order valence-corrected chi connectivity index (χ3v) is 3.86. The lowest BCUT2D eigenvalue weighted by Crippen LogP contribution is -2.19. The second kappa shape index (κ2) is 5.92. The van der Waals surface area contributed by atoms with E-state index in [2.05, 4.69) is 10.2 Å². The van der Waals surface area contributed by atoms with Gasteiger partial charge in [0.05, 0.1) is 6.61 Å². The quantitative estimate of drug-likeness (QED) is 0.663. The molecule has 0 aromatic carbocycles. The average molecular weight is 280 g/mol. The van der Waals surface area contributed by atoms with E-state index in [-0.39, 0.29) is 11.2 Å². The molecule has 0 bridgehead atoms. The summed E-state index contributed by atoms with van der Waals surface area (Å²) < 4.78 is 6.82. The molecule has 2 rings (SSSR count). The number of pyridine rings is 1. The Bertz CT molecular complexity index is 584. The molecule has 2 N–H and O–H groups in total. The number of aromatic nitrogens is 3. The van der Waals surface area contributed by atoms with Crippen LogP contribution in [0.25, 0.3) is 5.65 Å². The van der Waals surface area contributed by atoms with Gasteiger partial charge in [-0.2, -0.15) is 0 Å². The van der Waals surface area contributed by atoms with Crippen molar-refractivity contribution < 1.29 is 9.53 Å². The van der Waals surface area contributed by atoms with E-state index in [0.717, 1.165) is 0 Å². The van der Waals surface area contributed by atoms with Gasteiger partial charge in [0.25, 0.3) is 0 Å². The maximum atomic E-state index is 11.8. The Balaban J connectivity index is 2.24. The van der Waals surface area contributed by atoms with E-state index in [9.17, 15) is 4.79 Å². The van der Waals surface area contributed by atoms with Gasteiger partial charge in [-0.15, -0.1) is 10.2 Å². The summed E-state index contributed by atoms with van der Waals surface area (Å²) in [4.78, 5) is 11.8. The van der Waals surface area contributed by atoms with Crippen molar-refractivity contribution in [3.05, 3.63) is 18.3 Å². The van der Waals surface area contributed by atoms with E-state index in [0.29, 0.717) is 29.5 Å². The molecule has 0 radical (unpaired) electrons. The highest BCUT2D eigenvalue weighted by atomic mass is 32.2. The van der Waals surface area contributed by atoms with Crippen molar-refractivity contribution in [2.24, 2.45) is 0 Å². The molecular weight excluding hydrogens is 264 g/mol. The fraction of sp³-hybridized carbons (Fsp3) is 0.417. The molecule has 6 nitrogen and oxygen atoms in total. The van der Waals surface area contributed by atoms with E-state index in [1.807, 2.05) is 6.92 Å². The van der Waals surface area contributed by atoms with Crippen LogP contribution in [-0.2, 0) is 9.53 Å². The van der Waals surface area contributed by atoms with Gasteiger partial charge >= 0.3 is 5.97 Å². The first kappa shape index (κ1) is 13.7. The standard InChI is InChI=1S/C12H16N4O2S/c1-3-9(11(17)18-4-2)19-12-15-14-10-6-5-8(13)7-16(10)12/h5-7,9H,3-4,13H2,1-2H3. The Morgan fingerprint density at radius 3 is 2.95 bits per heavy atom. The van der Waals surface area contributed by atoms with Crippen molar-refractivity contribution in [3.8, 4) is 0 Å². The van der Waals surface area contributed by atoms with E-state index in [1.165, 1.54) is 11.8 Å². The van der Waals surface area contributed by atoms with Crippen LogP contribution in [0.3, 0.4) is 0 Å². The number of hydrogen-bond acceptors (Lipinski definition) is 6. The Kier molecular flexibility index (Phi) is 4.26. The molecule has 1 unspecified atom stereocenters. The molecule has 7 heteroatoms. The zero-order chi connectivity index (χ0) is 13.8. The smallest absolute Gasteiger partial charge is 0.319 e. The zero-order valence-electron chi connectivity index (χ0n) is 10.9. The summed E-state index contributed by atoms with van der Waals surface area (Å²) in [7, 11) is 0. The SMILES string of the molecule is CCOC(=O)C(CC)Sc1nnc2ccc(N)cn12. The zero-order valence-corrected chi connectivity index (χ0v) is 11.7. The van der Waals surface area contributed by atoms with Crippen molar-refractivity contribution in [2.45, 2.75) is 30.7 Å². The van der Waals surface area contributed by atoms with Gasteiger partial charge in [-0.1, -0.05) is 18.7 Å². The van der Waals surface area contributed by atoms with Crippen molar-refractivity contribution in [1.82, 2.24) is 14.6 Å². The second-order valence-corrected chi connectivity index (χ2v) is 5.11. The maximum absolute atomic E-state index is 11.8. The Hall–Kier alpha value is -1.76. The number of nitrogens with two attached hydrogens (primary N) is 1. The first-order chi connectivity index (χ1) is 9.15. The number of carbonyl (C=O) groups is 1. The molecule has 0 aliphatic carbocycles. The number of esters is 1. The van der Waals surface area contributed by atoms with Gasteiger partial charge in [0.1, 0.15) is 5.25 Å². The van der Waals surface area contributed by atoms with Crippen LogP contribution in [0.5, 0.6) is 0 Å². The molecule has 0 aliphatic heterocycles. The van der Waals surface area contributed by atoms with Crippen LogP contribution >= 0.6 is 11.8 Å². The van der Waals surface area contributed by atoms with E-state index < -0.39 is 0 Å². The predicted octanol–water partition coefficient (Wildman–Crippen LogP) is 1.75. The van der Waals surface area contributed by atoms with E-state index in [1.54, 1.807) is 29.7 Å². The maximum Gasteiger partial charge on any atom is 0.319 e. The summed E-state index contributed by atoms with van der Waals surface area (Å²) in [6.07, 6.45) is 2.41. The van der Waals surface area contributed by atoms with Crippen molar-refractivity contribution in [1.29, 1.82) is 0 Å². The minimum atomic E-state index is -0.284. The monoisotopic (exact) mass is 280 g/mol. The number of nitrogen functional groups attached to an aromatic ring is 1. The summed E-state index contributed by atoms with van der Waals surface area (Å²) in [6.45, 7) is 4.11. The number of nitrogens with zero attached hydrogens (tertiary/aromatic N) is 3. The molecule has 0 saturated carbocycles. The van der Waals surface area contributed by atoms with Crippen LogP contribution in [0.15, 0.2) is 23.5 Å². The molecule has 2 aromatic heterocycles. The van der Waals surface area contributed by atoms with Crippen molar-refractivity contribution in [3.63, 3.8) is 0 Å². The van der Waals surface area contributed by atoms with Gasteiger partial charge in [0, 0.05) is 11.9 Å². The van der Waals surface area contributed by atoms with Gasteiger partial charge < -0.3 is 10.5 Å². The minimum Gasteiger partial charge on any atom is -0.465 e. The lowest BCUT2D eigenvalue weighted by Gasteiger charge is -2.11. The van der Waals surface area contributed by atoms with Gasteiger partial charge in [-0.3, -0.25) is 9.20 Å². The molecule has 0 spiro atoms. The predicted molar refractivity (Wildman–Crippen MR) is 74.0 cm³/mol. The molecule has 102 valence electrons. The number of carbonyl (C=O) groups excluding carboxylic acids is 1. The number of rotatable bonds is 5.